The summed E-state index contributed by atoms with van der Waals surface area (Å²) in [5, 5.41) is 7.49. The molecule has 1 N–H and O–H groups in total. The maximum absolute atomic E-state index is 13.2. The van der Waals surface area contributed by atoms with Crippen molar-refractivity contribution in [2.75, 3.05) is 32.4 Å². The topological polar surface area (TPSA) is 89.5 Å². The number of ether oxygens (including phenoxy) is 3. The first-order valence-corrected chi connectivity index (χ1v) is 13.7. The van der Waals surface area contributed by atoms with Crippen molar-refractivity contribution >= 4 is 44.6 Å². The highest BCUT2D eigenvalue weighted by atomic mass is 35.5. The molecule has 3 aromatic carbocycles. The van der Waals surface area contributed by atoms with Gasteiger partial charge in [-0.25, -0.2) is 13.1 Å². The van der Waals surface area contributed by atoms with Crippen LogP contribution in [-0.4, -0.2) is 41.5 Å². The SMILES string of the molecule is CCOc1ccc(C2CC(CNS(=O)(=O)c3cc(OC)ccc3OC)=NN2c2ccc(Cl)cc2Cl)cc1. The minimum Gasteiger partial charge on any atom is -0.497 e. The lowest BCUT2D eigenvalue weighted by atomic mass is 10.0. The van der Waals surface area contributed by atoms with E-state index >= 15 is 0 Å². The number of nitrogens with one attached hydrogen (secondary N) is 1. The largest absolute Gasteiger partial charge is 0.497 e. The van der Waals surface area contributed by atoms with Crippen LogP contribution in [0.1, 0.15) is 24.9 Å². The molecular formula is C26H27Cl2N3O5S. The number of sulfonamides is 1. The first-order valence-electron chi connectivity index (χ1n) is 11.5. The van der Waals surface area contributed by atoms with Crippen molar-refractivity contribution in [2.45, 2.75) is 24.3 Å². The number of anilines is 1. The van der Waals surface area contributed by atoms with Gasteiger partial charge in [-0.2, -0.15) is 5.10 Å². The summed E-state index contributed by atoms with van der Waals surface area (Å²) < 4.78 is 45.0. The first-order chi connectivity index (χ1) is 17.7. The lowest BCUT2D eigenvalue weighted by Gasteiger charge is -2.25. The summed E-state index contributed by atoms with van der Waals surface area (Å²) >= 11 is 12.6. The van der Waals surface area contributed by atoms with E-state index < -0.39 is 10.0 Å². The monoisotopic (exact) mass is 563 g/mol. The maximum atomic E-state index is 13.2. The van der Waals surface area contributed by atoms with Gasteiger partial charge >= 0.3 is 0 Å². The summed E-state index contributed by atoms with van der Waals surface area (Å²) in [5.74, 6) is 1.38. The summed E-state index contributed by atoms with van der Waals surface area (Å²) in [6.07, 6.45) is 0.477. The van der Waals surface area contributed by atoms with Gasteiger partial charge in [0.2, 0.25) is 10.0 Å². The van der Waals surface area contributed by atoms with Crippen molar-refractivity contribution in [3.05, 3.63) is 76.3 Å². The van der Waals surface area contributed by atoms with E-state index in [0.29, 0.717) is 40.2 Å². The van der Waals surface area contributed by atoms with Crippen LogP contribution >= 0.6 is 23.2 Å². The van der Waals surface area contributed by atoms with Crippen LogP contribution in [0.3, 0.4) is 0 Å². The smallest absolute Gasteiger partial charge is 0.244 e. The number of methoxy groups -OCH3 is 2. The van der Waals surface area contributed by atoms with Crippen molar-refractivity contribution in [1.29, 1.82) is 0 Å². The third kappa shape index (κ3) is 6.13. The fraction of sp³-hybridized carbons (Fsp3) is 0.269. The van der Waals surface area contributed by atoms with Crippen molar-refractivity contribution < 1.29 is 22.6 Å². The molecule has 1 aliphatic rings. The highest BCUT2D eigenvalue weighted by Crippen LogP contribution is 2.40. The van der Waals surface area contributed by atoms with Gasteiger partial charge < -0.3 is 14.2 Å². The quantitative estimate of drug-likeness (QED) is 0.340. The molecule has 1 heterocycles. The van der Waals surface area contributed by atoms with E-state index in [1.165, 1.54) is 20.3 Å². The Balaban J connectivity index is 1.62. The average Bonchev–Trinajstić information content (AvgIpc) is 3.32. The van der Waals surface area contributed by atoms with E-state index in [9.17, 15) is 8.42 Å². The van der Waals surface area contributed by atoms with Crippen LogP contribution in [0, 0.1) is 0 Å². The predicted molar refractivity (Wildman–Crippen MR) is 146 cm³/mol. The third-order valence-electron chi connectivity index (χ3n) is 5.83. The molecule has 0 saturated heterocycles. The molecule has 0 bridgehead atoms. The molecule has 3 aromatic rings. The maximum Gasteiger partial charge on any atom is 0.244 e. The first kappa shape index (κ1) is 27.1. The molecule has 0 saturated carbocycles. The molecule has 196 valence electrons. The molecule has 4 rings (SSSR count). The van der Waals surface area contributed by atoms with Crippen molar-refractivity contribution in [2.24, 2.45) is 5.10 Å². The fourth-order valence-electron chi connectivity index (χ4n) is 4.03. The minimum absolute atomic E-state index is 0.00205. The molecule has 1 aliphatic heterocycles. The number of hydrazone groups is 1. The number of hydrogen-bond donors (Lipinski definition) is 1. The lowest BCUT2D eigenvalue weighted by Crippen LogP contribution is -2.29. The fourth-order valence-corrected chi connectivity index (χ4v) is 5.73. The Labute approximate surface area is 226 Å². The van der Waals surface area contributed by atoms with Gasteiger partial charge in [-0.3, -0.25) is 5.01 Å². The van der Waals surface area contributed by atoms with Crippen LogP contribution in [0.15, 0.2) is 70.7 Å². The molecule has 0 aliphatic carbocycles. The van der Waals surface area contributed by atoms with Crippen LogP contribution in [0.2, 0.25) is 10.0 Å². The zero-order valence-electron chi connectivity index (χ0n) is 20.6. The van der Waals surface area contributed by atoms with E-state index in [-0.39, 0.29) is 23.2 Å². The minimum atomic E-state index is -3.93. The Morgan fingerprint density at radius 1 is 1.00 bits per heavy atom. The van der Waals surface area contributed by atoms with E-state index in [2.05, 4.69) is 4.72 Å². The van der Waals surface area contributed by atoms with Crippen LogP contribution in [0.4, 0.5) is 5.69 Å². The number of nitrogens with zero attached hydrogens (tertiary/aromatic N) is 2. The Morgan fingerprint density at radius 2 is 1.73 bits per heavy atom. The highest BCUT2D eigenvalue weighted by Gasteiger charge is 2.31. The van der Waals surface area contributed by atoms with Crippen molar-refractivity contribution in [1.82, 2.24) is 4.72 Å². The molecule has 1 unspecified atom stereocenters. The van der Waals surface area contributed by atoms with Crippen LogP contribution in [0.5, 0.6) is 17.2 Å². The van der Waals surface area contributed by atoms with E-state index in [4.69, 9.17) is 42.5 Å². The number of halogens is 2. The molecule has 0 aromatic heterocycles. The van der Waals surface area contributed by atoms with Crippen LogP contribution < -0.4 is 23.9 Å². The van der Waals surface area contributed by atoms with E-state index in [0.717, 1.165) is 11.3 Å². The highest BCUT2D eigenvalue weighted by molar-refractivity contribution is 7.89. The van der Waals surface area contributed by atoms with Gasteiger partial charge in [0.1, 0.15) is 22.1 Å². The lowest BCUT2D eigenvalue weighted by molar-refractivity contribution is 0.340. The van der Waals surface area contributed by atoms with Crippen molar-refractivity contribution in [3.8, 4) is 17.2 Å². The van der Waals surface area contributed by atoms with Gasteiger partial charge in [0.25, 0.3) is 0 Å². The molecular weight excluding hydrogens is 537 g/mol. The molecule has 0 amide bonds. The summed E-state index contributed by atoms with van der Waals surface area (Å²) in [7, 11) is -1.05. The Bertz CT molecular complexity index is 1400. The Kier molecular flexibility index (Phi) is 8.49. The summed E-state index contributed by atoms with van der Waals surface area (Å²) in [5.41, 5.74) is 2.28. The Morgan fingerprint density at radius 3 is 2.38 bits per heavy atom. The molecule has 11 heteroatoms. The third-order valence-corrected chi connectivity index (χ3v) is 7.79. The second kappa shape index (κ2) is 11.6. The van der Waals surface area contributed by atoms with E-state index in [1.807, 2.05) is 31.2 Å². The standard InChI is InChI=1S/C26H27Cl2N3O5S/c1-4-36-20-8-5-17(6-9-20)24-14-19(30-31(24)23-11-7-18(27)13-22(23)28)16-29-37(32,33)26-15-21(34-2)10-12-25(26)35-3/h5-13,15,24,29H,4,14,16H2,1-3H3. The normalized spacial score (nSPS) is 15.4. The molecule has 0 fully saturated rings. The zero-order valence-corrected chi connectivity index (χ0v) is 22.9. The van der Waals surface area contributed by atoms with Gasteiger partial charge in [0.05, 0.1) is 49.8 Å². The van der Waals surface area contributed by atoms with Gasteiger partial charge in [0.15, 0.2) is 0 Å². The molecule has 8 nitrogen and oxygen atoms in total. The average molecular weight is 564 g/mol. The number of rotatable bonds is 10. The second-order valence-corrected chi connectivity index (χ2v) is 10.7. The summed E-state index contributed by atoms with van der Waals surface area (Å²) in [6, 6.07) is 17.3. The second-order valence-electron chi connectivity index (χ2n) is 8.17. The molecule has 1 atom stereocenters. The van der Waals surface area contributed by atoms with Gasteiger partial charge in [0, 0.05) is 17.5 Å². The summed E-state index contributed by atoms with van der Waals surface area (Å²) in [4.78, 5) is -0.0198. The summed E-state index contributed by atoms with van der Waals surface area (Å²) in [6.45, 7) is 2.50. The Hall–Kier alpha value is -2.98. The van der Waals surface area contributed by atoms with Gasteiger partial charge in [-0.1, -0.05) is 35.3 Å². The zero-order chi connectivity index (χ0) is 26.6. The predicted octanol–water partition coefficient (Wildman–Crippen LogP) is 5.70. The van der Waals surface area contributed by atoms with Crippen LogP contribution in [-0.2, 0) is 10.0 Å². The molecule has 0 spiro atoms. The number of hydrogen-bond acceptors (Lipinski definition) is 7. The van der Waals surface area contributed by atoms with Gasteiger partial charge in [-0.05, 0) is 55.0 Å². The van der Waals surface area contributed by atoms with Crippen LogP contribution in [0.25, 0.3) is 0 Å². The van der Waals surface area contributed by atoms with Gasteiger partial charge in [-0.15, -0.1) is 0 Å². The number of benzene rings is 3. The molecule has 37 heavy (non-hydrogen) atoms. The molecule has 0 radical (unpaired) electrons. The van der Waals surface area contributed by atoms with Crippen molar-refractivity contribution in [3.63, 3.8) is 0 Å². The van der Waals surface area contributed by atoms with E-state index in [1.54, 1.807) is 35.3 Å².